The minimum atomic E-state index is -1.79. The molecule has 0 amide bonds. The van der Waals surface area contributed by atoms with E-state index in [1.54, 1.807) is 0 Å². The van der Waals surface area contributed by atoms with Gasteiger partial charge in [-0.25, -0.2) is 4.79 Å². The van der Waals surface area contributed by atoms with Gasteiger partial charge in [-0.2, -0.15) is 0 Å². The van der Waals surface area contributed by atoms with E-state index in [0.717, 1.165) is 0 Å². The molecular weight excluding hydrogens is 216 g/mol. The van der Waals surface area contributed by atoms with Crippen LogP contribution >= 0.6 is 0 Å². The molecule has 0 aromatic carbocycles. The van der Waals surface area contributed by atoms with Gasteiger partial charge in [-0.3, -0.25) is 4.79 Å². The Bertz CT molecular complexity index is 141. The first-order valence-electron chi connectivity index (χ1n) is 2.16. The summed E-state index contributed by atoms with van der Waals surface area (Å²) in [6.07, 6.45) is -2.54. The number of aliphatic hydroxyl groups is 1. The summed E-state index contributed by atoms with van der Waals surface area (Å²) in [4.78, 5) is 19.4. The quantitative estimate of drug-likeness (QED) is 0.520. The molecule has 56 valence electrons. The first-order valence-corrected chi connectivity index (χ1v) is 2.16. The molecular formula is C4H8O5Sr. The molecule has 0 aromatic heterocycles. The van der Waals surface area contributed by atoms with Gasteiger partial charge in [0.15, 0.2) is 6.10 Å². The molecule has 0 radical (unpaired) electrons. The van der Waals surface area contributed by atoms with E-state index in [1.807, 2.05) is 0 Å². The normalized spacial score (nSPS) is 11.3. The monoisotopic (exact) mass is 224 g/mol. The molecule has 10 heavy (non-hydrogen) atoms. The Labute approximate surface area is 96.9 Å². The fraction of sp³-hybridized carbons (Fsp3) is 0.500. The molecule has 0 aliphatic heterocycles. The first kappa shape index (κ1) is 13.0. The van der Waals surface area contributed by atoms with Crippen LogP contribution in [0.15, 0.2) is 0 Å². The second-order valence-electron chi connectivity index (χ2n) is 1.45. The number of aliphatic hydroxyl groups excluding tert-OH is 1. The van der Waals surface area contributed by atoms with Gasteiger partial charge in [0.25, 0.3) is 0 Å². The van der Waals surface area contributed by atoms with Crippen molar-refractivity contribution in [2.75, 3.05) is 0 Å². The number of hydrogen-bond acceptors (Lipinski definition) is 3. The number of hydrogen-bond donors (Lipinski definition) is 3. The minimum absolute atomic E-state index is 0. The molecule has 5 nitrogen and oxygen atoms in total. The molecule has 1 atom stereocenters. The van der Waals surface area contributed by atoms with Crippen molar-refractivity contribution in [1.82, 2.24) is 0 Å². The Morgan fingerprint density at radius 3 is 1.90 bits per heavy atom. The largest absolute Gasteiger partial charge is 2.00 e. The average Bonchev–Trinajstić information content (AvgIpc) is 1.63. The van der Waals surface area contributed by atoms with Crippen LogP contribution < -0.4 is 0 Å². The zero-order valence-electron chi connectivity index (χ0n) is 7.15. The molecule has 6 heteroatoms. The van der Waals surface area contributed by atoms with Gasteiger partial charge in [0, 0.05) is 0 Å². The van der Waals surface area contributed by atoms with Crippen LogP contribution in [0.1, 0.15) is 9.27 Å². The summed E-state index contributed by atoms with van der Waals surface area (Å²) in [6.45, 7) is 0. The van der Waals surface area contributed by atoms with Crippen LogP contribution in [0.3, 0.4) is 0 Å². The van der Waals surface area contributed by atoms with Crippen molar-refractivity contribution in [3.8, 4) is 0 Å². The van der Waals surface area contributed by atoms with Gasteiger partial charge in [0.2, 0.25) is 0 Å². The molecule has 0 spiro atoms. The summed E-state index contributed by atoms with van der Waals surface area (Å²) >= 11 is 0. The Morgan fingerprint density at radius 1 is 1.40 bits per heavy atom. The van der Waals surface area contributed by atoms with Crippen LogP contribution in [0.4, 0.5) is 0 Å². The second-order valence-corrected chi connectivity index (χ2v) is 1.45. The minimum Gasteiger partial charge on any atom is -1.00 e. The smallest absolute Gasteiger partial charge is 1.00 e. The summed E-state index contributed by atoms with van der Waals surface area (Å²) in [5.74, 6) is -2.85. The van der Waals surface area contributed by atoms with Crippen molar-refractivity contribution < 1.29 is 27.8 Å². The Balaban J connectivity index is -0.000000107. The van der Waals surface area contributed by atoms with E-state index in [1.165, 1.54) is 0 Å². The van der Waals surface area contributed by atoms with Gasteiger partial charge in [-0.1, -0.05) is 0 Å². The van der Waals surface area contributed by atoms with Crippen molar-refractivity contribution >= 4 is 57.4 Å². The number of aliphatic carboxylic acids is 2. The predicted molar refractivity (Wildman–Crippen MR) is 33.9 cm³/mol. The van der Waals surface area contributed by atoms with Crippen molar-refractivity contribution in [3.63, 3.8) is 0 Å². The Hall–Kier alpha value is 0.381. The molecule has 0 heterocycles. The number of carboxylic acid groups (broad SMARTS) is 2. The van der Waals surface area contributed by atoms with Crippen LogP contribution in [-0.2, 0) is 9.59 Å². The SMILES string of the molecule is O=C(O)CC(O)C(=O)O.[H-].[H-].[Sr+2]. The topological polar surface area (TPSA) is 94.8 Å². The van der Waals surface area contributed by atoms with Crippen LogP contribution in [0.5, 0.6) is 0 Å². The zero-order valence-corrected chi connectivity index (χ0v) is 8.63. The van der Waals surface area contributed by atoms with E-state index in [2.05, 4.69) is 0 Å². The van der Waals surface area contributed by atoms with Crippen LogP contribution in [0.25, 0.3) is 0 Å². The molecule has 3 N–H and O–H groups in total. The Kier molecular flexibility index (Phi) is 7.95. The van der Waals surface area contributed by atoms with Gasteiger partial charge in [-0.05, 0) is 0 Å². The molecule has 1 unspecified atom stereocenters. The molecule has 0 rings (SSSR count). The molecule has 0 aromatic rings. The summed E-state index contributed by atoms with van der Waals surface area (Å²) in [5.41, 5.74) is 0. The van der Waals surface area contributed by atoms with E-state index in [4.69, 9.17) is 15.3 Å². The van der Waals surface area contributed by atoms with E-state index >= 15 is 0 Å². The molecule has 0 bridgehead atoms. The number of carboxylic acids is 2. The number of rotatable bonds is 3. The van der Waals surface area contributed by atoms with Crippen LogP contribution in [0.2, 0.25) is 0 Å². The maximum absolute atomic E-state index is 9.72. The van der Waals surface area contributed by atoms with E-state index in [-0.39, 0.29) is 48.3 Å². The van der Waals surface area contributed by atoms with Crippen LogP contribution in [0, 0.1) is 0 Å². The third-order valence-corrected chi connectivity index (χ3v) is 0.653. The third kappa shape index (κ3) is 6.50. The standard InChI is InChI=1S/C4H6O5.Sr.2H/c5-2(4(8)9)1-3(6)7;;;/h2,5H,1H2,(H,6,7)(H,8,9);;;/q;+2;2*-1. The van der Waals surface area contributed by atoms with Crippen molar-refractivity contribution in [3.05, 3.63) is 0 Å². The van der Waals surface area contributed by atoms with Crippen LogP contribution in [-0.4, -0.2) is 78.8 Å². The van der Waals surface area contributed by atoms with Gasteiger partial charge >= 0.3 is 57.4 Å². The maximum Gasteiger partial charge on any atom is 2.00 e. The summed E-state index contributed by atoms with van der Waals surface area (Å²) in [7, 11) is 0. The van der Waals surface area contributed by atoms with Crippen molar-refractivity contribution in [2.45, 2.75) is 12.5 Å². The fourth-order valence-corrected chi connectivity index (χ4v) is 0.253. The van der Waals surface area contributed by atoms with Gasteiger partial charge in [0.1, 0.15) is 0 Å². The Morgan fingerprint density at radius 2 is 1.80 bits per heavy atom. The maximum atomic E-state index is 9.72. The molecule has 0 aliphatic rings. The molecule has 0 saturated heterocycles. The van der Waals surface area contributed by atoms with Gasteiger partial charge in [0.05, 0.1) is 6.42 Å². The summed E-state index contributed by atoms with van der Waals surface area (Å²) in [6, 6.07) is 0. The second kappa shape index (κ2) is 6.11. The third-order valence-electron chi connectivity index (χ3n) is 0.653. The van der Waals surface area contributed by atoms with E-state index < -0.39 is 24.5 Å². The first-order chi connectivity index (χ1) is 4.04. The average molecular weight is 224 g/mol. The number of carbonyl (C=O) groups is 2. The van der Waals surface area contributed by atoms with Crippen molar-refractivity contribution in [1.29, 1.82) is 0 Å². The fourth-order valence-electron chi connectivity index (χ4n) is 0.253. The summed E-state index contributed by atoms with van der Waals surface area (Å²) < 4.78 is 0. The van der Waals surface area contributed by atoms with E-state index in [0.29, 0.717) is 0 Å². The predicted octanol–water partition coefficient (Wildman–Crippen LogP) is -1.25. The zero-order chi connectivity index (χ0) is 7.44. The summed E-state index contributed by atoms with van der Waals surface area (Å²) in [5, 5.41) is 24.1. The van der Waals surface area contributed by atoms with E-state index in [9.17, 15) is 9.59 Å². The van der Waals surface area contributed by atoms with Gasteiger partial charge in [-0.15, -0.1) is 0 Å². The van der Waals surface area contributed by atoms with Crippen molar-refractivity contribution in [2.24, 2.45) is 0 Å². The van der Waals surface area contributed by atoms with Gasteiger partial charge < -0.3 is 18.2 Å². The molecule has 0 fully saturated rings. The molecule has 0 saturated carbocycles. The molecule has 0 aliphatic carbocycles.